The van der Waals surface area contributed by atoms with E-state index in [1.165, 1.54) is 6.07 Å². The Morgan fingerprint density at radius 2 is 2.14 bits per heavy atom. The summed E-state index contributed by atoms with van der Waals surface area (Å²) in [6.45, 7) is 1.66. The van der Waals surface area contributed by atoms with Crippen LogP contribution in [0.2, 0.25) is 0 Å². The highest BCUT2D eigenvalue weighted by Gasteiger charge is 2.15. The highest BCUT2D eigenvalue weighted by atomic mass is 79.9. The maximum absolute atomic E-state index is 10.9. The van der Waals surface area contributed by atoms with Gasteiger partial charge in [-0.15, -0.1) is 0 Å². The first-order valence-corrected chi connectivity index (χ1v) is 4.75. The van der Waals surface area contributed by atoms with Gasteiger partial charge in [-0.25, -0.2) is 0 Å². The van der Waals surface area contributed by atoms with Gasteiger partial charge in [-0.2, -0.15) is 0 Å². The second-order valence-electron chi connectivity index (χ2n) is 2.63. The first-order chi connectivity index (χ1) is 6.43. The molecule has 4 nitrogen and oxygen atoms in total. The fourth-order valence-electron chi connectivity index (χ4n) is 0.974. The van der Waals surface area contributed by atoms with Crippen molar-refractivity contribution in [1.82, 2.24) is 0 Å². The second-order valence-corrected chi connectivity index (χ2v) is 3.83. The van der Waals surface area contributed by atoms with Crippen molar-refractivity contribution in [2.75, 3.05) is 0 Å². The van der Waals surface area contributed by atoms with Gasteiger partial charge in [0, 0.05) is 22.2 Å². The molecule has 0 unspecified atom stereocenters. The van der Waals surface area contributed by atoms with Crippen LogP contribution in [0, 0.1) is 17.0 Å². The summed E-state index contributed by atoms with van der Waals surface area (Å²) in [7, 11) is 0. The molecule has 0 spiro atoms. The SMILES string of the molecule is Cc1c(Br)cc([N+](=O)[O-])cc1C(=O)Cl. The number of hydrogen-bond donors (Lipinski definition) is 0. The molecule has 0 saturated heterocycles. The molecule has 14 heavy (non-hydrogen) atoms. The first kappa shape index (κ1) is 11.1. The molecular formula is C8H5BrClNO3. The van der Waals surface area contributed by atoms with Gasteiger partial charge in [0.2, 0.25) is 0 Å². The van der Waals surface area contributed by atoms with Crippen LogP contribution in [0.1, 0.15) is 15.9 Å². The third kappa shape index (κ3) is 2.10. The zero-order valence-electron chi connectivity index (χ0n) is 7.08. The lowest BCUT2D eigenvalue weighted by Gasteiger charge is -2.02. The third-order valence-electron chi connectivity index (χ3n) is 1.75. The third-order valence-corrected chi connectivity index (χ3v) is 2.78. The fourth-order valence-corrected chi connectivity index (χ4v) is 1.62. The summed E-state index contributed by atoms with van der Waals surface area (Å²) in [5.41, 5.74) is 0.579. The Hall–Kier alpha value is -0.940. The lowest BCUT2D eigenvalue weighted by atomic mass is 10.1. The van der Waals surface area contributed by atoms with E-state index in [9.17, 15) is 14.9 Å². The van der Waals surface area contributed by atoms with Crippen molar-refractivity contribution in [3.8, 4) is 0 Å². The van der Waals surface area contributed by atoms with Crippen LogP contribution in [0.5, 0.6) is 0 Å². The van der Waals surface area contributed by atoms with Crippen molar-refractivity contribution in [2.45, 2.75) is 6.92 Å². The number of nitrogens with zero attached hydrogens (tertiary/aromatic N) is 1. The van der Waals surface area contributed by atoms with Crippen LogP contribution >= 0.6 is 27.5 Å². The van der Waals surface area contributed by atoms with E-state index in [1.54, 1.807) is 6.92 Å². The highest BCUT2D eigenvalue weighted by molar-refractivity contribution is 9.10. The van der Waals surface area contributed by atoms with Gasteiger partial charge in [0.05, 0.1) is 4.92 Å². The first-order valence-electron chi connectivity index (χ1n) is 3.58. The van der Waals surface area contributed by atoms with Crippen molar-refractivity contribution in [2.24, 2.45) is 0 Å². The minimum absolute atomic E-state index is 0.146. The maximum Gasteiger partial charge on any atom is 0.271 e. The van der Waals surface area contributed by atoms with Crippen molar-refractivity contribution in [3.63, 3.8) is 0 Å². The topological polar surface area (TPSA) is 60.2 Å². The molecule has 1 aromatic rings. The molecule has 0 saturated carbocycles. The highest BCUT2D eigenvalue weighted by Crippen LogP contribution is 2.27. The van der Waals surface area contributed by atoms with Crippen molar-refractivity contribution >= 4 is 38.5 Å². The number of nitro groups is 1. The van der Waals surface area contributed by atoms with Crippen molar-refractivity contribution in [1.29, 1.82) is 0 Å². The summed E-state index contributed by atoms with van der Waals surface area (Å²) in [5, 5.41) is 9.77. The minimum Gasteiger partial charge on any atom is -0.276 e. The largest absolute Gasteiger partial charge is 0.276 e. The van der Waals surface area contributed by atoms with Crippen LogP contribution in [-0.2, 0) is 0 Å². The Bertz CT molecular complexity index is 419. The summed E-state index contributed by atoms with van der Waals surface area (Å²) in [5.74, 6) is 0. The van der Waals surface area contributed by atoms with E-state index < -0.39 is 10.2 Å². The Morgan fingerprint density at radius 1 is 1.57 bits per heavy atom. The molecule has 0 bridgehead atoms. The molecule has 0 amide bonds. The van der Waals surface area contributed by atoms with E-state index >= 15 is 0 Å². The summed E-state index contributed by atoms with van der Waals surface area (Å²) in [4.78, 5) is 20.8. The monoisotopic (exact) mass is 277 g/mol. The number of non-ortho nitro benzene ring substituents is 1. The van der Waals surface area contributed by atoms with Gasteiger partial charge in [-0.1, -0.05) is 15.9 Å². The summed E-state index contributed by atoms with van der Waals surface area (Å²) in [6.07, 6.45) is 0. The Morgan fingerprint density at radius 3 is 2.57 bits per heavy atom. The summed E-state index contributed by atoms with van der Waals surface area (Å²) >= 11 is 8.39. The van der Waals surface area contributed by atoms with Gasteiger partial charge in [0.25, 0.3) is 10.9 Å². The molecule has 0 heterocycles. The van der Waals surface area contributed by atoms with Crippen LogP contribution in [0.4, 0.5) is 5.69 Å². The molecule has 0 N–H and O–H groups in total. The van der Waals surface area contributed by atoms with E-state index in [1.807, 2.05) is 0 Å². The molecule has 0 aromatic heterocycles. The van der Waals surface area contributed by atoms with E-state index in [0.29, 0.717) is 10.0 Å². The molecule has 0 radical (unpaired) electrons. The number of hydrogen-bond acceptors (Lipinski definition) is 3. The van der Waals surface area contributed by atoms with E-state index in [0.717, 1.165) is 6.07 Å². The van der Waals surface area contributed by atoms with Crippen LogP contribution < -0.4 is 0 Å². The number of halogens is 2. The molecule has 1 aromatic carbocycles. The molecule has 0 aliphatic heterocycles. The standard InChI is InChI=1S/C8H5BrClNO3/c1-4-6(8(10)12)2-5(11(13)14)3-7(4)9/h2-3H,1H3. The van der Waals surface area contributed by atoms with Gasteiger partial charge in [-0.05, 0) is 24.1 Å². The van der Waals surface area contributed by atoms with Gasteiger partial charge >= 0.3 is 0 Å². The van der Waals surface area contributed by atoms with Gasteiger partial charge in [-0.3, -0.25) is 14.9 Å². The van der Waals surface area contributed by atoms with E-state index in [-0.39, 0.29) is 11.3 Å². The van der Waals surface area contributed by atoms with Crippen LogP contribution in [-0.4, -0.2) is 10.2 Å². The van der Waals surface area contributed by atoms with Gasteiger partial charge in [0.1, 0.15) is 0 Å². The quantitative estimate of drug-likeness (QED) is 0.474. The maximum atomic E-state index is 10.9. The van der Waals surface area contributed by atoms with Crippen molar-refractivity contribution < 1.29 is 9.72 Å². The molecule has 0 aliphatic carbocycles. The zero-order chi connectivity index (χ0) is 10.9. The number of rotatable bonds is 2. The second kappa shape index (κ2) is 4.06. The van der Waals surface area contributed by atoms with Gasteiger partial charge in [0.15, 0.2) is 0 Å². The molecule has 0 fully saturated rings. The fraction of sp³-hybridized carbons (Fsp3) is 0.125. The minimum atomic E-state index is -0.702. The summed E-state index contributed by atoms with van der Waals surface area (Å²) in [6, 6.07) is 2.49. The molecule has 74 valence electrons. The molecule has 0 atom stereocenters. The zero-order valence-corrected chi connectivity index (χ0v) is 9.42. The normalized spacial score (nSPS) is 9.93. The number of carbonyl (C=O) groups is 1. The van der Waals surface area contributed by atoms with Crippen molar-refractivity contribution in [3.05, 3.63) is 37.8 Å². The van der Waals surface area contributed by atoms with Gasteiger partial charge < -0.3 is 0 Å². The molecule has 1 rings (SSSR count). The average molecular weight is 278 g/mol. The van der Waals surface area contributed by atoms with E-state index in [4.69, 9.17) is 11.6 Å². The molecular weight excluding hydrogens is 273 g/mol. The predicted octanol–water partition coefficient (Wildman–Crippen LogP) is 3.04. The summed E-state index contributed by atoms with van der Waals surface area (Å²) < 4.78 is 0.496. The molecule has 0 aliphatic rings. The number of carbonyl (C=O) groups excluding carboxylic acids is 1. The van der Waals surface area contributed by atoms with Crippen LogP contribution in [0.25, 0.3) is 0 Å². The smallest absolute Gasteiger partial charge is 0.271 e. The Labute approximate surface area is 93.1 Å². The Balaban J connectivity index is 3.43. The van der Waals surface area contributed by atoms with Crippen LogP contribution in [0.3, 0.4) is 0 Å². The van der Waals surface area contributed by atoms with E-state index in [2.05, 4.69) is 15.9 Å². The lowest BCUT2D eigenvalue weighted by molar-refractivity contribution is -0.385. The average Bonchev–Trinajstić information content (AvgIpc) is 2.08. The van der Waals surface area contributed by atoms with Crippen LogP contribution in [0.15, 0.2) is 16.6 Å². The number of benzene rings is 1. The molecule has 6 heteroatoms. The lowest BCUT2D eigenvalue weighted by Crippen LogP contribution is -1.97. The number of nitro benzene ring substituents is 1. The Kier molecular flexibility index (Phi) is 3.23. The predicted molar refractivity (Wildman–Crippen MR) is 55.7 cm³/mol.